The van der Waals surface area contributed by atoms with Crippen molar-refractivity contribution in [1.29, 1.82) is 5.26 Å². The highest BCUT2D eigenvalue weighted by Gasteiger charge is 2.39. The Bertz CT molecular complexity index is 2380. The molecule has 1 fully saturated rings. The molecule has 1 unspecified atom stereocenters. The molecule has 3 aromatic carbocycles. The van der Waals surface area contributed by atoms with Crippen LogP contribution in [-0.2, 0) is 49.5 Å². The molecule has 2 aliphatic rings. The second kappa shape index (κ2) is 17.0. The molecule has 0 saturated carbocycles. The first-order valence-corrected chi connectivity index (χ1v) is 20.3. The molecule has 0 radical (unpaired) electrons. The highest BCUT2D eigenvalue weighted by atomic mass is 35.5. The van der Waals surface area contributed by atoms with Crippen molar-refractivity contribution in [1.82, 2.24) is 25.5 Å². The van der Waals surface area contributed by atoms with E-state index in [1.54, 1.807) is 42.5 Å². The maximum Gasteiger partial charge on any atom is 0.255 e. The number of piperidine rings is 1. The number of carbonyl (C=O) groups excluding carboxylic acids is 4. The summed E-state index contributed by atoms with van der Waals surface area (Å²) in [7, 11) is -3.52. The molecule has 4 aromatic rings. The van der Waals surface area contributed by atoms with Crippen molar-refractivity contribution in [3.63, 3.8) is 0 Å². The van der Waals surface area contributed by atoms with Gasteiger partial charge in [0, 0.05) is 43.1 Å². The van der Waals surface area contributed by atoms with Gasteiger partial charge >= 0.3 is 0 Å². The van der Waals surface area contributed by atoms with Gasteiger partial charge in [0.2, 0.25) is 33.7 Å². The standard InChI is InChI=1S/C40H40ClN7O8S/c1-40(2,27-7-9-30(10-8-27)56-23-29-14-15-43-39(45-29)47-57(3,53)54)28-18-25(20-42)36(32(41)19-28)55-16-4-5-34(49)44-21-24-6-11-31-26(17-24)22-48(38(31)52)33-12-13-35(50)46-37(33)51/h6-11,14-15,17-19,33H,4-5,12-13,16,21-23H2,1-3H3,(H,44,49)(H,43,45,47)(H,46,50,51). The Balaban J connectivity index is 0.982. The average Bonchev–Trinajstić information content (AvgIpc) is 3.49. The number of ether oxygens (including phenoxy) is 2. The first-order chi connectivity index (χ1) is 27.1. The lowest BCUT2D eigenvalue weighted by molar-refractivity contribution is -0.137. The summed E-state index contributed by atoms with van der Waals surface area (Å²) in [5, 5.41) is 15.4. The van der Waals surface area contributed by atoms with Gasteiger partial charge in [0.25, 0.3) is 5.91 Å². The molecule has 3 heterocycles. The van der Waals surface area contributed by atoms with Gasteiger partial charge in [-0.1, -0.05) is 49.7 Å². The van der Waals surface area contributed by atoms with Gasteiger partial charge in [-0.25, -0.2) is 18.4 Å². The van der Waals surface area contributed by atoms with Crippen LogP contribution in [0.1, 0.15) is 83.4 Å². The molecule has 6 rings (SSSR count). The molecular formula is C40H40ClN7O8S. The predicted octanol–water partition coefficient (Wildman–Crippen LogP) is 4.51. The highest BCUT2D eigenvalue weighted by Crippen LogP contribution is 2.39. The van der Waals surface area contributed by atoms with Gasteiger partial charge in [-0.3, -0.25) is 29.2 Å². The summed E-state index contributed by atoms with van der Waals surface area (Å²) in [4.78, 5) is 59.1. The molecule has 1 aromatic heterocycles. The number of imide groups is 1. The van der Waals surface area contributed by atoms with E-state index in [2.05, 4.69) is 31.4 Å². The summed E-state index contributed by atoms with van der Waals surface area (Å²) in [6, 6.07) is 19.3. The Morgan fingerprint density at radius 3 is 2.56 bits per heavy atom. The zero-order valence-corrected chi connectivity index (χ0v) is 33.0. The third kappa shape index (κ3) is 9.86. The van der Waals surface area contributed by atoms with Crippen LogP contribution in [0.2, 0.25) is 5.02 Å². The lowest BCUT2D eigenvalue weighted by Crippen LogP contribution is -2.52. The van der Waals surface area contributed by atoms with Crippen LogP contribution in [0.15, 0.2) is 66.9 Å². The van der Waals surface area contributed by atoms with E-state index >= 15 is 0 Å². The molecule has 0 bridgehead atoms. The van der Waals surface area contributed by atoms with E-state index in [9.17, 15) is 32.9 Å². The first-order valence-electron chi connectivity index (χ1n) is 18.0. The van der Waals surface area contributed by atoms with Gasteiger partial charge in [-0.05, 0) is 71.5 Å². The first kappa shape index (κ1) is 40.6. The van der Waals surface area contributed by atoms with Crippen LogP contribution in [0.3, 0.4) is 0 Å². The molecule has 1 saturated heterocycles. The number of anilines is 1. The van der Waals surface area contributed by atoms with E-state index < -0.39 is 27.4 Å². The third-order valence-electron chi connectivity index (χ3n) is 9.71. The molecule has 296 valence electrons. The van der Waals surface area contributed by atoms with Crippen molar-refractivity contribution in [3.05, 3.63) is 111 Å². The topological polar surface area (TPSA) is 210 Å². The number of aromatic nitrogens is 2. The van der Waals surface area contributed by atoms with Crippen molar-refractivity contribution >= 4 is 51.2 Å². The van der Waals surface area contributed by atoms with Crippen molar-refractivity contribution in [2.75, 3.05) is 17.6 Å². The zero-order chi connectivity index (χ0) is 40.9. The average molecular weight is 814 g/mol. The second-order valence-electron chi connectivity index (χ2n) is 14.3. The summed E-state index contributed by atoms with van der Waals surface area (Å²) in [5.41, 5.74) is 3.95. The number of carbonyl (C=O) groups is 4. The molecule has 17 heteroatoms. The van der Waals surface area contributed by atoms with Crippen LogP contribution in [0.5, 0.6) is 11.5 Å². The number of nitrogens with one attached hydrogen (secondary N) is 3. The molecule has 0 aliphatic carbocycles. The molecule has 2 aliphatic heterocycles. The molecule has 4 amide bonds. The quantitative estimate of drug-likeness (QED) is 0.112. The summed E-state index contributed by atoms with van der Waals surface area (Å²) >= 11 is 6.67. The maximum atomic E-state index is 13.0. The zero-order valence-electron chi connectivity index (χ0n) is 31.4. The van der Waals surface area contributed by atoms with E-state index in [4.69, 9.17) is 21.1 Å². The van der Waals surface area contributed by atoms with Crippen LogP contribution in [-0.4, -0.2) is 65.8 Å². The largest absolute Gasteiger partial charge is 0.491 e. The van der Waals surface area contributed by atoms with E-state index in [0.29, 0.717) is 23.4 Å². The van der Waals surface area contributed by atoms with Crippen LogP contribution in [0.25, 0.3) is 0 Å². The fourth-order valence-corrected chi connectivity index (χ4v) is 7.30. The van der Waals surface area contributed by atoms with E-state index in [0.717, 1.165) is 28.5 Å². The van der Waals surface area contributed by atoms with Gasteiger partial charge in [0.05, 0.1) is 29.1 Å². The monoisotopic (exact) mass is 813 g/mol. The van der Waals surface area contributed by atoms with Crippen molar-refractivity contribution in [3.8, 4) is 17.6 Å². The Labute approximate surface area is 334 Å². The molecule has 1 atom stereocenters. The van der Waals surface area contributed by atoms with Crippen molar-refractivity contribution in [2.24, 2.45) is 0 Å². The number of sulfonamides is 1. The van der Waals surface area contributed by atoms with E-state index in [-0.39, 0.29) is 85.6 Å². The van der Waals surface area contributed by atoms with Gasteiger partial charge < -0.3 is 19.7 Å². The number of fused-ring (bicyclic) bond motifs is 1. The molecule has 57 heavy (non-hydrogen) atoms. The minimum Gasteiger partial charge on any atom is -0.491 e. The van der Waals surface area contributed by atoms with Gasteiger partial charge in [-0.2, -0.15) is 5.26 Å². The van der Waals surface area contributed by atoms with Gasteiger partial charge in [-0.15, -0.1) is 0 Å². The molecule has 15 nitrogen and oxygen atoms in total. The maximum absolute atomic E-state index is 13.0. The normalized spacial score (nSPS) is 15.4. The Kier molecular flexibility index (Phi) is 12.1. The second-order valence-corrected chi connectivity index (χ2v) is 16.4. The molecular weight excluding hydrogens is 774 g/mol. The summed E-state index contributed by atoms with van der Waals surface area (Å²) in [5.74, 6) is -0.506. The van der Waals surface area contributed by atoms with Crippen LogP contribution in [0, 0.1) is 11.3 Å². The number of hydrogen-bond acceptors (Lipinski definition) is 11. The van der Waals surface area contributed by atoms with E-state index in [1.807, 2.05) is 32.0 Å². The van der Waals surface area contributed by atoms with Crippen molar-refractivity contribution in [2.45, 2.75) is 70.7 Å². The van der Waals surface area contributed by atoms with Gasteiger partial charge in [0.1, 0.15) is 24.5 Å². The van der Waals surface area contributed by atoms with E-state index in [1.165, 1.54) is 11.1 Å². The molecule has 3 N–H and O–H groups in total. The minimum atomic E-state index is -3.52. The lowest BCUT2D eigenvalue weighted by atomic mass is 9.77. The highest BCUT2D eigenvalue weighted by molar-refractivity contribution is 7.92. The number of hydrogen-bond donors (Lipinski definition) is 3. The van der Waals surface area contributed by atoms with Crippen molar-refractivity contribution < 1.29 is 37.1 Å². The fourth-order valence-electron chi connectivity index (χ4n) is 6.60. The van der Waals surface area contributed by atoms with Gasteiger partial charge in [0.15, 0.2) is 5.75 Å². The lowest BCUT2D eigenvalue weighted by Gasteiger charge is -2.29. The summed E-state index contributed by atoms with van der Waals surface area (Å²) in [6.07, 6.45) is 3.45. The number of rotatable bonds is 15. The number of halogens is 1. The van der Waals surface area contributed by atoms with Crippen LogP contribution < -0.4 is 24.8 Å². The smallest absolute Gasteiger partial charge is 0.255 e. The third-order valence-corrected chi connectivity index (χ3v) is 10.5. The SMILES string of the molecule is CC(C)(c1ccc(OCc2ccnc(NS(C)(=O)=O)n2)cc1)c1cc(Cl)c(OCCCC(=O)NCc2ccc3c(c2)CN(C2CCC(=O)NC2=O)C3=O)c(C#N)c1. The number of amides is 4. The summed E-state index contributed by atoms with van der Waals surface area (Å²) < 4.78 is 37.0. The number of nitriles is 1. The Morgan fingerprint density at radius 1 is 1.07 bits per heavy atom. The predicted molar refractivity (Wildman–Crippen MR) is 209 cm³/mol. The van der Waals surface area contributed by atoms with Crippen LogP contribution >= 0.6 is 11.6 Å². The minimum absolute atomic E-state index is 0.0421. The number of benzene rings is 3. The fraction of sp³-hybridized carbons (Fsp3) is 0.325. The Hall–Kier alpha value is -6.05. The van der Waals surface area contributed by atoms with Crippen LogP contribution in [0.4, 0.5) is 5.95 Å². The summed E-state index contributed by atoms with van der Waals surface area (Å²) in [6.45, 7) is 4.74. The number of nitrogens with zero attached hydrogens (tertiary/aromatic N) is 4. The Morgan fingerprint density at radius 2 is 1.84 bits per heavy atom. The molecule has 0 spiro atoms.